The summed E-state index contributed by atoms with van der Waals surface area (Å²) >= 11 is 0. The Morgan fingerprint density at radius 3 is 2.67 bits per heavy atom. The molecular formula is C14H18FN3. The standard InChI is InChI=1S/C14H18FN3/c1-17-7-5-10(6-8-17)14-16-12-9-11(15)3-4-13(12)18(14)2/h3-4,9-10H,5-8H2,1-2H3. The van der Waals surface area contributed by atoms with Gasteiger partial charge in [0.25, 0.3) is 0 Å². The molecule has 2 aromatic rings. The first-order valence-corrected chi connectivity index (χ1v) is 6.45. The normalized spacial score (nSPS) is 18.6. The van der Waals surface area contributed by atoms with Crippen molar-refractivity contribution in [1.82, 2.24) is 14.5 Å². The highest BCUT2D eigenvalue weighted by Gasteiger charge is 2.23. The van der Waals surface area contributed by atoms with Crippen molar-refractivity contribution in [2.75, 3.05) is 20.1 Å². The number of fused-ring (bicyclic) bond motifs is 1. The maximum atomic E-state index is 13.2. The van der Waals surface area contributed by atoms with Crippen LogP contribution in [0.15, 0.2) is 18.2 Å². The van der Waals surface area contributed by atoms with Gasteiger partial charge in [-0.3, -0.25) is 0 Å². The van der Waals surface area contributed by atoms with Gasteiger partial charge in [-0.15, -0.1) is 0 Å². The Morgan fingerprint density at radius 2 is 1.94 bits per heavy atom. The lowest BCUT2D eigenvalue weighted by atomic mass is 9.96. The highest BCUT2D eigenvalue weighted by Crippen LogP contribution is 2.29. The number of aryl methyl sites for hydroxylation is 1. The first-order chi connectivity index (χ1) is 8.65. The molecule has 0 bridgehead atoms. The van der Waals surface area contributed by atoms with E-state index in [-0.39, 0.29) is 5.82 Å². The number of nitrogens with zero attached hydrogens (tertiary/aromatic N) is 3. The van der Waals surface area contributed by atoms with E-state index in [0.717, 1.165) is 42.8 Å². The number of imidazole rings is 1. The number of rotatable bonds is 1. The monoisotopic (exact) mass is 247 g/mol. The van der Waals surface area contributed by atoms with E-state index in [1.54, 1.807) is 0 Å². The van der Waals surface area contributed by atoms with Crippen LogP contribution in [0.1, 0.15) is 24.6 Å². The third-order valence-corrected chi connectivity index (χ3v) is 3.96. The molecule has 18 heavy (non-hydrogen) atoms. The summed E-state index contributed by atoms with van der Waals surface area (Å²) in [4.78, 5) is 6.97. The number of aromatic nitrogens is 2. The SMILES string of the molecule is CN1CCC(c2nc3cc(F)ccc3n2C)CC1. The first kappa shape index (κ1) is 11.7. The van der Waals surface area contributed by atoms with Gasteiger partial charge in [-0.05, 0) is 45.1 Å². The fraction of sp³-hybridized carbons (Fsp3) is 0.500. The van der Waals surface area contributed by atoms with E-state index in [0.29, 0.717) is 5.92 Å². The molecular weight excluding hydrogens is 229 g/mol. The van der Waals surface area contributed by atoms with Crippen LogP contribution in [0.25, 0.3) is 11.0 Å². The average Bonchev–Trinajstić information content (AvgIpc) is 2.67. The van der Waals surface area contributed by atoms with Crippen molar-refractivity contribution in [2.24, 2.45) is 7.05 Å². The first-order valence-electron chi connectivity index (χ1n) is 6.45. The molecule has 0 aliphatic carbocycles. The molecule has 2 heterocycles. The summed E-state index contributed by atoms with van der Waals surface area (Å²) in [7, 11) is 4.18. The molecule has 1 aromatic carbocycles. The molecule has 1 saturated heterocycles. The second-order valence-corrected chi connectivity index (χ2v) is 5.24. The number of likely N-dealkylation sites (tertiary alicyclic amines) is 1. The van der Waals surface area contributed by atoms with Gasteiger partial charge >= 0.3 is 0 Å². The maximum absolute atomic E-state index is 13.2. The Balaban J connectivity index is 1.99. The largest absolute Gasteiger partial charge is 0.331 e. The van der Waals surface area contributed by atoms with Gasteiger partial charge in [0, 0.05) is 19.0 Å². The van der Waals surface area contributed by atoms with E-state index >= 15 is 0 Å². The second-order valence-electron chi connectivity index (χ2n) is 5.24. The smallest absolute Gasteiger partial charge is 0.125 e. The molecule has 1 fully saturated rings. The van der Waals surface area contributed by atoms with Crippen LogP contribution in [0.5, 0.6) is 0 Å². The molecule has 0 unspecified atom stereocenters. The van der Waals surface area contributed by atoms with E-state index in [2.05, 4.69) is 21.5 Å². The van der Waals surface area contributed by atoms with Crippen molar-refractivity contribution in [2.45, 2.75) is 18.8 Å². The molecule has 0 radical (unpaired) electrons. The summed E-state index contributed by atoms with van der Waals surface area (Å²) in [6.45, 7) is 2.23. The molecule has 4 heteroatoms. The Bertz CT molecular complexity index is 568. The molecule has 3 nitrogen and oxygen atoms in total. The summed E-state index contributed by atoms with van der Waals surface area (Å²) in [6.07, 6.45) is 2.27. The number of hydrogen-bond acceptors (Lipinski definition) is 2. The number of piperidine rings is 1. The topological polar surface area (TPSA) is 21.1 Å². The van der Waals surface area contributed by atoms with Gasteiger partial charge in [-0.25, -0.2) is 9.37 Å². The van der Waals surface area contributed by atoms with Crippen LogP contribution >= 0.6 is 0 Å². The van der Waals surface area contributed by atoms with Crippen LogP contribution < -0.4 is 0 Å². The Morgan fingerprint density at radius 1 is 1.22 bits per heavy atom. The lowest BCUT2D eigenvalue weighted by Crippen LogP contribution is -2.30. The van der Waals surface area contributed by atoms with Gasteiger partial charge in [-0.1, -0.05) is 0 Å². The van der Waals surface area contributed by atoms with E-state index in [1.807, 2.05) is 13.1 Å². The predicted molar refractivity (Wildman–Crippen MR) is 70.1 cm³/mol. The van der Waals surface area contributed by atoms with Crippen LogP contribution in [-0.2, 0) is 7.05 Å². The van der Waals surface area contributed by atoms with Gasteiger partial charge in [0.05, 0.1) is 11.0 Å². The van der Waals surface area contributed by atoms with E-state index < -0.39 is 0 Å². The van der Waals surface area contributed by atoms with Crippen molar-refractivity contribution in [3.05, 3.63) is 29.8 Å². The van der Waals surface area contributed by atoms with E-state index in [1.165, 1.54) is 12.1 Å². The van der Waals surface area contributed by atoms with Gasteiger partial charge < -0.3 is 9.47 Å². The number of halogens is 1. The zero-order valence-electron chi connectivity index (χ0n) is 10.9. The molecule has 1 aliphatic heterocycles. The van der Waals surface area contributed by atoms with Crippen LogP contribution in [-0.4, -0.2) is 34.6 Å². The molecule has 0 spiro atoms. The quantitative estimate of drug-likeness (QED) is 0.772. The number of hydrogen-bond donors (Lipinski definition) is 0. The van der Waals surface area contributed by atoms with Crippen molar-refractivity contribution >= 4 is 11.0 Å². The predicted octanol–water partition coefficient (Wildman–Crippen LogP) is 2.52. The van der Waals surface area contributed by atoms with Gasteiger partial charge in [0.1, 0.15) is 11.6 Å². The van der Waals surface area contributed by atoms with Crippen molar-refractivity contribution in [1.29, 1.82) is 0 Å². The Hall–Kier alpha value is -1.42. The van der Waals surface area contributed by atoms with Crippen molar-refractivity contribution in [3.63, 3.8) is 0 Å². The van der Waals surface area contributed by atoms with Crippen molar-refractivity contribution in [3.8, 4) is 0 Å². The molecule has 1 aromatic heterocycles. The average molecular weight is 247 g/mol. The molecule has 0 N–H and O–H groups in total. The molecule has 96 valence electrons. The number of benzene rings is 1. The van der Waals surface area contributed by atoms with Crippen LogP contribution in [0.3, 0.4) is 0 Å². The highest BCUT2D eigenvalue weighted by atomic mass is 19.1. The highest BCUT2D eigenvalue weighted by molar-refractivity contribution is 5.76. The molecule has 3 rings (SSSR count). The van der Waals surface area contributed by atoms with Crippen LogP contribution in [0, 0.1) is 5.82 Å². The molecule has 0 saturated carbocycles. The second kappa shape index (κ2) is 4.35. The molecule has 1 aliphatic rings. The van der Waals surface area contributed by atoms with Gasteiger partial charge in [0.15, 0.2) is 0 Å². The minimum atomic E-state index is -0.212. The zero-order valence-corrected chi connectivity index (χ0v) is 10.9. The van der Waals surface area contributed by atoms with E-state index in [4.69, 9.17) is 0 Å². The fourth-order valence-electron chi connectivity index (χ4n) is 2.82. The minimum Gasteiger partial charge on any atom is -0.331 e. The minimum absolute atomic E-state index is 0.212. The maximum Gasteiger partial charge on any atom is 0.125 e. The zero-order chi connectivity index (χ0) is 12.7. The van der Waals surface area contributed by atoms with Crippen LogP contribution in [0.2, 0.25) is 0 Å². The lowest BCUT2D eigenvalue weighted by molar-refractivity contribution is 0.250. The summed E-state index contributed by atoms with van der Waals surface area (Å²) in [5, 5.41) is 0. The Kier molecular flexibility index (Phi) is 2.82. The summed E-state index contributed by atoms with van der Waals surface area (Å²) in [5.74, 6) is 1.39. The van der Waals surface area contributed by atoms with Gasteiger partial charge in [-0.2, -0.15) is 0 Å². The summed E-state index contributed by atoms with van der Waals surface area (Å²) in [6, 6.07) is 4.84. The third-order valence-electron chi connectivity index (χ3n) is 3.96. The van der Waals surface area contributed by atoms with E-state index in [9.17, 15) is 4.39 Å². The third kappa shape index (κ3) is 1.90. The van der Waals surface area contributed by atoms with Gasteiger partial charge in [0.2, 0.25) is 0 Å². The Labute approximate surface area is 106 Å². The summed E-state index contributed by atoms with van der Waals surface area (Å²) in [5.41, 5.74) is 1.79. The summed E-state index contributed by atoms with van der Waals surface area (Å²) < 4.78 is 15.3. The lowest BCUT2D eigenvalue weighted by Gasteiger charge is -2.28. The molecule has 0 atom stereocenters. The fourth-order valence-corrected chi connectivity index (χ4v) is 2.82. The van der Waals surface area contributed by atoms with Crippen LogP contribution in [0.4, 0.5) is 4.39 Å². The molecule has 0 amide bonds. The van der Waals surface area contributed by atoms with Crippen molar-refractivity contribution < 1.29 is 4.39 Å².